The van der Waals surface area contributed by atoms with E-state index in [9.17, 15) is 9.00 Å². The van der Waals surface area contributed by atoms with Crippen LogP contribution in [0.3, 0.4) is 0 Å². The maximum absolute atomic E-state index is 12.9. The molecule has 1 aromatic rings. The Balaban J connectivity index is 1.87. The number of rotatable bonds is 6. The molecule has 0 radical (unpaired) electrons. The minimum Gasteiger partial charge on any atom is -0.353 e. The van der Waals surface area contributed by atoms with E-state index in [2.05, 4.69) is 4.72 Å². The Morgan fingerprint density at radius 3 is 2.62 bits per heavy atom. The van der Waals surface area contributed by atoms with Crippen LogP contribution in [0.4, 0.5) is 0 Å². The lowest BCUT2D eigenvalue weighted by atomic mass is 9.95. The molecule has 0 spiro atoms. The molecule has 29 heavy (non-hydrogen) atoms. The quantitative estimate of drug-likeness (QED) is 0.726. The number of amides is 1. The fourth-order valence-electron chi connectivity index (χ4n) is 3.63. The summed E-state index contributed by atoms with van der Waals surface area (Å²) in [6, 6.07) is 3.68. The van der Waals surface area contributed by atoms with Crippen molar-refractivity contribution >= 4 is 28.5 Å². The molecule has 0 saturated carbocycles. The molecule has 0 bridgehead atoms. The number of benzene rings is 1. The van der Waals surface area contributed by atoms with Gasteiger partial charge in [0.25, 0.3) is 0 Å². The lowest BCUT2D eigenvalue weighted by Gasteiger charge is -2.29. The van der Waals surface area contributed by atoms with E-state index < -0.39 is 15.7 Å². The van der Waals surface area contributed by atoms with Crippen LogP contribution in [0.5, 0.6) is 0 Å². The Hall–Kier alpha value is -0.990. The number of hydrogen-bond acceptors (Lipinski definition) is 4. The number of nitrogens with one attached hydrogen (secondary N) is 1. The van der Waals surface area contributed by atoms with E-state index in [1.165, 1.54) is 0 Å². The first-order valence-corrected chi connectivity index (χ1v) is 11.7. The van der Waals surface area contributed by atoms with Crippen LogP contribution in [0.1, 0.15) is 69.7 Å². The highest BCUT2D eigenvalue weighted by Crippen LogP contribution is 2.35. The molecule has 1 aromatic carbocycles. The lowest BCUT2D eigenvalue weighted by molar-refractivity contribution is -0.182. The second-order valence-electron chi connectivity index (χ2n) is 8.66. The molecule has 2 aliphatic heterocycles. The van der Waals surface area contributed by atoms with Crippen molar-refractivity contribution in [3.63, 3.8) is 0 Å². The third kappa shape index (κ3) is 5.79. The van der Waals surface area contributed by atoms with Crippen molar-refractivity contribution in [2.75, 3.05) is 13.2 Å². The number of nitrogens with zero attached hydrogens (tertiary/aromatic N) is 1. The Kier molecular flexibility index (Phi) is 7.38. The van der Waals surface area contributed by atoms with Crippen molar-refractivity contribution in [2.24, 2.45) is 0 Å². The van der Waals surface area contributed by atoms with Gasteiger partial charge in [-0.15, -0.1) is 0 Å². The second-order valence-corrected chi connectivity index (χ2v) is 11.1. The fraction of sp³-hybridized carbons (Fsp3) is 0.667. The summed E-state index contributed by atoms with van der Waals surface area (Å²) in [4.78, 5) is 13.7. The van der Waals surface area contributed by atoms with Gasteiger partial charge in [0.1, 0.15) is 0 Å². The number of halogens is 1. The first-order valence-electron chi connectivity index (χ1n) is 10.1. The van der Waals surface area contributed by atoms with E-state index in [1.807, 2.05) is 32.9 Å². The lowest BCUT2D eigenvalue weighted by Crippen LogP contribution is -2.37. The van der Waals surface area contributed by atoms with E-state index in [1.54, 1.807) is 11.8 Å². The van der Waals surface area contributed by atoms with E-state index in [-0.39, 0.29) is 18.2 Å². The number of carbonyl (C=O) groups excluding carboxylic acids is 1. The summed E-state index contributed by atoms with van der Waals surface area (Å²) in [5, 5.41) is 0.627. The Morgan fingerprint density at radius 1 is 1.31 bits per heavy atom. The summed E-state index contributed by atoms with van der Waals surface area (Å²) in [5.74, 6) is 0.0371. The van der Waals surface area contributed by atoms with Gasteiger partial charge in [-0.25, -0.2) is 8.93 Å². The number of fused-ring (bicyclic) bond motifs is 1. The van der Waals surface area contributed by atoms with Crippen molar-refractivity contribution < 1.29 is 18.5 Å². The fourth-order valence-corrected chi connectivity index (χ4v) is 4.73. The van der Waals surface area contributed by atoms with Crippen LogP contribution in [-0.4, -0.2) is 39.3 Å². The van der Waals surface area contributed by atoms with Gasteiger partial charge in [0, 0.05) is 37.5 Å². The van der Waals surface area contributed by atoms with Crippen LogP contribution in [0.25, 0.3) is 0 Å². The highest BCUT2D eigenvalue weighted by atomic mass is 35.5. The van der Waals surface area contributed by atoms with Gasteiger partial charge < -0.3 is 14.4 Å². The smallest absolute Gasteiger partial charge is 0.220 e. The summed E-state index contributed by atoms with van der Waals surface area (Å²) in [6.07, 6.45) is 2.06. The zero-order valence-corrected chi connectivity index (χ0v) is 19.2. The van der Waals surface area contributed by atoms with Gasteiger partial charge in [-0.3, -0.25) is 4.79 Å². The summed E-state index contributed by atoms with van der Waals surface area (Å²) >= 11 is 6.42. The van der Waals surface area contributed by atoms with Crippen molar-refractivity contribution in [3.05, 3.63) is 33.8 Å². The minimum absolute atomic E-state index is 0.0371. The molecule has 1 fully saturated rings. The van der Waals surface area contributed by atoms with Gasteiger partial charge in [-0.2, -0.15) is 0 Å². The Morgan fingerprint density at radius 2 is 2.00 bits per heavy atom. The Bertz CT molecular complexity index is 775. The molecule has 2 heterocycles. The average Bonchev–Trinajstić information content (AvgIpc) is 3.08. The summed E-state index contributed by atoms with van der Waals surface area (Å²) in [5.41, 5.74) is 3.16. The van der Waals surface area contributed by atoms with Crippen LogP contribution in [0.15, 0.2) is 12.1 Å². The summed E-state index contributed by atoms with van der Waals surface area (Å²) < 4.78 is 27.2. The first-order chi connectivity index (χ1) is 13.6. The predicted molar refractivity (Wildman–Crippen MR) is 115 cm³/mol. The second kappa shape index (κ2) is 9.43. The predicted octanol–water partition coefficient (Wildman–Crippen LogP) is 3.84. The molecule has 6 nitrogen and oxygen atoms in total. The van der Waals surface area contributed by atoms with Gasteiger partial charge >= 0.3 is 0 Å². The zero-order chi connectivity index (χ0) is 21.2. The summed E-state index contributed by atoms with van der Waals surface area (Å²) in [7, 11) is -1.25. The molecule has 0 aromatic heterocycles. The normalized spacial score (nSPS) is 19.8. The van der Waals surface area contributed by atoms with Crippen LogP contribution >= 0.6 is 11.6 Å². The highest BCUT2D eigenvalue weighted by molar-refractivity contribution is 7.84. The topological polar surface area (TPSA) is 67.9 Å². The molecule has 1 amide bonds. The third-order valence-electron chi connectivity index (χ3n) is 5.27. The average molecular weight is 443 g/mol. The van der Waals surface area contributed by atoms with Crippen molar-refractivity contribution in [3.8, 4) is 0 Å². The van der Waals surface area contributed by atoms with Gasteiger partial charge in [0.15, 0.2) is 6.29 Å². The number of carbonyl (C=O) groups is 1. The zero-order valence-electron chi connectivity index (χ0n) is 17.6. The minimum atomic E-state index is -1.25. The maximum atomic E-state index is 12.9. The highest BCUT2D eigenvalue weighted by Gasteiger charge is 2.30. The van der Waals surface area contributed by atoms with Crippen LogP contribution in [0.2, 0.25) is 5.02 Å². The van der Waals surface area contributed by atoms with Gasteiger partial charge in [0.2, 0.25) is 5.91 Å². The Labute approximate surface area is 180 Å². The number of ether oxygens (including phenoxy) is 2. The summed E-state index contributed by atoms with van der Waals surface area (Å²) in [6.45, 7) is 9.93. The molecule has 8 heteroatoms. The molecule has 3 rings (SSSR count). The largest absolute Gasteiger partial charge is 0.353 e. The van der Waals surface area contributed by atoms with E-state index in [0.29, 0.717) is 44.2 Å². The van der Waals surface area contributed by atoms with Crippen LogP contribution < -0.4 is 4.72 Å². The molecule has 2 aliphatic rings. The van der Waals surface area contributed by atoms with Gasteiger partial charge in [-0.1, -0.05) is 11.6 Å². The monoisotopic (exact) mass is 442 g/mol. The third-order valence-corrected chi connectivity index (χ3v) is 7.09. The molecule has 1 saturated heterocycles. The molecule has 2 atom stereocenters. The van der Waals surface area contributed by atoms with Crippen LogP contribution in [0, 0.1) is 0 Å². The molecular weight excluding hydrogens is 412 g/mol. The first kappa shape index (κ1) is 22.7. The van der Waals surface area contributed by atoms with Gasteiger partial charge in [0.05, 0.1) is 28.9 Å². The maximum Gasteiger partial charge on any atom is 0.220 e. The van der Waals surface area contributed by atoms with E-state index >= 15 is 0 Å². The molecule has 1 unspecified atom stereocenters. The molecule has 162 valence electrons. The van der Waals surface area contributed by atoms with E-state index in [0.717, 1.165) is 23.1 Å². The molecule has 0 aliphatic carbocycles. The van der Waals surface area contributed by atoms with Gasteiger partial charge in [-0.05, 0) is 62.4 Å². The van der Waals surface area contributed by atoms with E-state index in [4.69, 9.17) is 21.1 Å². The molecule has 1 N–H and O–H groups in total. The van der Waals surface area contributed by atoms with Crippen LogP contribution in [-0.2, 0) is 38.3 Å². The number of hydrogen-bond donors (Lipinski definition) is 1. The van der Waals surface area contributed by atoms with Crippen molar-refractivity contribution in [1.82, 2.24) is 9.62 Å². The SMILES string of the molecule is CC(=O)N1Cc2cc(Cl)cc([C@H](CCC3OCCCO3)NS(=O)C(C)(C)C)c2C1. The molecular formula is C21H31ClN2O4S. The van der Waals surface area contributed by atoms with Crippen molar-refractivity contribution in [1.29, 1.82) is 0 Å². The standard InChI is InChI=1S/C21H31ClN2O4S/c1-14(25)24-12-15-10-16(22)11-17(18(15)13-24)19(23-29(26)21(2,3)4)6-7-20-27-8-5-9-28-20/h10-11,19-20,23H,5-9,12-13H2,1-4H3/t19-,29?/m0/s1. The van der Waals surface area contributed by atoms with Crippen molar-refractivity contribution in [2.45, 2.75) is 77.1 Å².